The van der Waals surface area contributed by atoms with Crippen LogP contribution in [0.2, 0.25) is 0 Å². The van der Waals surface area contributed by atoms with Crippen molar-refractivity contribution in [3.05, 3.63) is 18.1 Å². The third-order valence-electron chi connectivity index (χ3n) is 1.54. The molecule has 0 spiro atoms. The number of aliphatic carboxylic acids is 1. The van der Waals surface area contributed by atoms with Crippen molar-refractivity contribution in [3.8, 4) is 0 Å². The van der Waals surface area contributed by atoms with Crippen molar-refractivity contribution in [2.75, 3.05) is 11.9 Å². The van der Waals surface area contributed by atoms with Gasteiger partial charge in [-0.05, 0) is 6.42 Å². The van der Waals surface area contributed by atoms with E-state index in [4.69, 9.17) is 5.11 Å². The van der Waals surface area contributed by atoms with E-state index in [1.807, 2.05) is 0 Å². The van der Waals surface area contributed by atoms with Crippen molar-refractivity contribution < 1.29 is 18.7 Å². The maximum atomic E-state index is 12.5. The first kappa shape index (κ1) is 11.3. The monoisotopic (exact) mass is 217 g/mol. The van der Waals surface area contributed by atoms with Crippen LogP contribution in [0.15, 0.2) is 6.07 Å². The van der Waals surface area contributed by atoms with Gasteiger partial charge in [-0.15, -0.1) is 0 Å². The molecule has 0 aliphatic carbocycles. The molecule has 1 aromatic heterocycles. The molecule has 0 unspecified atom stereocenters. The van der Waals surface area contributed by atoms with Crippen molar-refractivity contribution in [1.82, 2.24) is 9.97 Å². The minimum absolute atomic E-state index is 0.00499. The van der Waals surface area contributed by atoms with Gasteiger partial charge >= 0.3 is 12.0 Å². The van der Waals surface area contributed by atoms with Gasteiger partial charge in [-0.1, -0.05) is 0 Å². The van der Waals surface area contributed by atoms with Crippen LogP contribution in [0.3, 0.4) is 0 Å². The Morgan fingerprint density at radius 3 is 2.80 bits per heavy atom. The van der Waals surface area contributed by atoms with Crippen molar-refractivity contribution in [1.29, 1.82) is 0 Å². The lowest BCUT2D eigenvalue weighted by molar-refractivity contribution is -0.137. The van der Waals surface area contributed by atoms with Crippen LogP contribution in [-0.4, -0.2) is 27.6 Å². The number of nitrogens with one attached hydrogen (secondary N) is 1. The first-order chi connectivity index (χ1) is 7.08. The molecular formula is C8H9F2N3O2. The Labute approximate surface area is 84.2 Å². The zero-order valence-corrected chi connectivity index (χ0v) is 7.70. The summed E-state index contributed by atoms with van der Waals surface area (Å²) >= 11 is 0. The summed E-state index contributed by atoms with van der Waals surface area (Å²) in [6, 6.07) is 0.934. The maximum absolute atomic E-state index is 12.5. The summed E-state index contributed by atoms with van der Waals surface area (Å²) < 4.78 is 25.0. The second-order valence-corrected chi connectivity index (χ2v) is 2.77. The van der Waals surface area contributed by atoms with Crippen molar-refractivity contribution >= 4 is 11.8 Å². The van der Waals surface area contributed by atoms with E-state index in [2.05, 4.69) is 15.3 Å². The fraction of sp³-hybridized carbons (Fsp3) is 0.375. The number of carboxylic acids is 1. The molecule has 0 aliphatic heterocycles. The van der Waals surface area contributed by atoms with Gasteiger partial charge in [0.2, 0.25) is 5.95 Å². The van der Waals surface area contributed by atoms with E-state index >= 15 is 0 Å². The van der Waals surface area contributed by atoms with Gasteiger partial charge in [0.15, 0.2) is 0 Å². The SMILES string of the molecule is O=C(O)CCCNc1cc(F)nc(F)n1. The van der Waals surface area contributed by atoms with Gasteiger partial charge in [0.1, 0.15) is 5.82 Å². The summed E-state index contributed by atoms with van der Waals surface area (Å²) in [6.07, 6.45) is -0.818. The lowest BCUT2D eigenvalue weighted by Gasteiger charge is -2.03. The molecule has 82 valence electrons. The molecule has 0 amide bonds. The third-order valence-corrected chi connectivity index (χ3v) is 1.54. The van der Waals surface area contributed by atoms with Crippen LogP contribution in [0.5, 0.6) is 0 Å². The number of rotatable bonds is 5. The molecule has 1 aromatic rings. The molecular weight excluding hydrogens is 208 g/mol. The Bertz CT molecular complexity index is 339. The first-order valence-electron chi connectivity index (χ1n) is 4.23. The van der Waals surface area contributed by atoms with Crippen LogP contribution >= 0.6 is 0 Å². The molecule has 7 heteroatoms. The van der Waals surface area contributed by atoms with Gasteiger partial charge in [-0.2, -0.15) is 18.7 Å². The normalized spacial score (nSPS) is 10.0. The van der Waals surface area contributed by atoms with E-state index in [1.165, 1.54) is 0 Å². The lowest BCUT2D eigenvalue weighted by atomic mass is 10.3. The molecule has 0 atom stereocenters. The number of aromatic nitrogens is 2. The van der Waals surface area contributed by atoms with Crippen LogP contribution in [0.25, 0.3) is 0 Å². The largest absolute Gasteiger partial charge is 0.481 e. The van der Waals surface area contributed by atoms with E-state index in [1.54, 1.807) is 0 Å². The molecule has 0 saturated carbocycles. The predicted octanol–water partition coefficient (Wildman–Crippen LogP) is 1.03. The summed E-state index contributed by atoms with van der Waals surface area (Å²) in [5.41, 5.74) is 0. The van der Waals surface area contributed by atoms with Gasteiger partial charge in [-0.3, -0.25) is 4.79 Å². The fourth-order valence-corrected chi connectivity index (χ4v) is 0.937. The Kier molecular flexibility index (Phi) is 3.90. The van der Waals surface area contributed by atoms with Crippen molar-refractivity contribution in [2.24, 2.45) is 0 Å². The number of carboxylic acid groups (broad SMARTS) is 1. The molecule has 0 fully saturated rings. The molecule has 0 aromatic carbocycles. The Morgan fingerprint density at radius 1 is 1.47 bits per heavy atom. The van der Waals surface area contributed by atoms with Crippen LogP contribution in [0.4, 0.5) is 14.6 Å². The van der Waals surface area contributed by atoms with Gasteiger partial charge in [-0.25, -0.2) is 0 Å². The highest BCUT2D eigenvalue weighted by atomic mass is 19.1. The van der Waals surface area contributed by atoms with Gasteiger partial charge in [0.05, 0.1) is 0 Å². The highest BCUT2D eigenvalue weighted by Crippen LogP contribution is 2.05. The number of halogens is 2. The molecule has 1 rings (SSSR count). The average Bonchev–Trinajstić information content (AvgIpc) is 2.10. The molecule has 0 bridgehead atoms. The maximum Gasteiger partial charge on any atom is 0.313 e. The summed E-state index contributed by atoms with van der Waals surface area (Å²) in [6.45, 7) is 0.280. The van der Waals surface area contributed by atoms with Crippen LogP contribution in [-0.2, 0) is 4.79 Å². The summed E-state index contributed by atoms with van der Waals surface area (Å²) in [4.78, 5) is 16.2. The summed E-state index contributed by atoms with van der Waals surface area (Å²) in [5.74, 6) is -1.88. The third kappa shape index (κ3) is 4.30. The number of anilines is 1. The average molecular weight is 217 g/mol. The Balaban J connectivity index is 2.40. The molecule has 15 heavy (non-hydrogen) atoms. The molecule has 0 saturated heterocycles. The summed E-state index contributed by atoms with van der Waals surface area (Å²) in [5, 5.41) is 10.9. The van der Waals surface area contributed by atoms with E-state index in [0.29, 0.717) is 6.42 Å². The second-order valence-electron chi connectivity index (χ2n) is 2.77. The van der Waals surface area contributed by atoms with Crippen molar-refractivity contribution in [2.45, 2.75) is 12.8 Å². The van der Waals surface area contributed by atoms with Crippen LogP contribution in [0, 0.1) is 12.0 Å². The number of carbonyl (C=O) groups is 1. The van der Waals surface area contributed by atoms with Gasteiger partial charge in [0, 0.05) is 19.0 Å². The highest BCUT2D eigenvalue weighted by Gasteiger charge is 2.03. The zero-order chi connectivity index (χ0) is 11.3. The quantitative estimate of drug-likeness (QED) is 0.437. The highest BCUT2D eigenvalue weighted by molar-refractivity contribution is 5.66. The molecule has 2 N–H and O–H groups in total. The molecule has 1 heterocycles. The standard InChI is InChI=1S/C8H9F2N3O2/c9-5-4-6(13-8(10)12-5)11-3-1-2-7(14)15/h4H,1-3H2,(H,14,15)(H,11,12,13). The van der Waals surface area contributed by atoms with E-state index in [0.717, 1.165) is 6.07 Å². The minimum atomic E-state index is -1.16. The lowest BCUT2D eigenvalue weighted by Crippen LogP contribution is -2.08. The number of hydrogen-bond donors (Lipinski definition) is 2. The van der Waals surface area contributed by atoms with E-state index < -0.39 is 18.0 Å². The minimum Gasteiger partial charge on any atom is -0.481 e. The van der Waals surface area contributed by atoms with Crippen molar-refractivity contribution in [3.63, 3.8) is 0 Å². The number of hydrogen-bond acceptors (Lipinski definition) is 4. The molecule has 5 nitrogen and oxygen atoms in total. The second kappa shape index (κ2) is 5.18. The van der Waals surface area contributed by atoms with Gasteiger partial charge < -0.3 is 10.4 Å². The molecule has 0 aliphatic rings. The Hall–Kier alpha value is -1.79. The fourth-order valence-electron chi connectivity index (χ4n) is 0.937. The predicted molar refractivity (Wildman–Crippen MR) is 47.3 cm³/mol. The van der Waals surface area contributed by atoms with Crippen LogP contribution < -0.4 is 5.32 Å². The van der Waals surface area contributed by atoms with Gasteiger partial charge in [0.25, 0.3) is 0 Å². The Morgan fingerprint density at radius 2 is 2.20 bits per heavy atom. The molecule has 0 radical (unpaired) electrons. The number of nitrogens with zero attached hydrogens (tertiary/aromatic N) is 2. The smallest absolute Gasteiger partial charge is 0.313 e. The first-order valence-corrected chi connectivity index (χ1v) is 4.23. The summed E-state index contributed by atoms with van der Waals surface area (Å²) in [7, 11) is 0. The van der Waals surface area contributed by atoms with E-state index in [-0.39, 0.29) is 18.8 Å². The zero-order valence-electron chi connectivity index (χ0n) is 7.70. The topological polar surface area (TPSA) is 75.1 Å². The van der Waals surface area contributed by atoms with E-state index in [9.17, 15) is 13.6 Å². The van der Waals surface area contributed by atoms with Crippen LogP contribution in [0.1, 0.15) is 12.8 Å².